The van der Waals surface area contributed by atoms with Gasteiger partial charge in [-0.3, -0.25) is 4.79 Å². The number of nitrogens with two attached hydrogens (primary N) is 1. The summed E-state index contributed by atoms with van der Waals surface area (Å²) < 4.78 is 1.82. The molecule has 2 heterocycles. The van der Waals surface area contributed by atoms with E-state index in [1.165, 1.54) is 6.42 Å². The molecule has 1 aromatic heterocycles. The van der Waals surface area contributed by atoms with Crippen LogP contribution in [-0.4, -0.2) is 28.0 Å². The summed E-state index contributed by atoms with van der Waals surface area (Å²) in [6.45, 7) is 3.03. The largest absolute Gasteiger partial charge is 0.397 e. The van der Waals surface area contributed by atoms with Gasteiger partial charge in [0.05, 0.1) is 5.69 Å². The minimum atomic E-state index is 0.121. The lowest BCUT2D eigenvalue weighted by Gasteiger charge is -2.35. The second kappa shape index (κ2) is 4.82. The summed E-state index contributed by atoms with van der Waals surface area (Å²) >= 11 is 0. The summed E-state index contributed by atoms with van der Waals surface area (Å²) in [5.74, 6) is 0.121. The number of piperidine rings is 1. The average Bonchev–Trinajstić information content (AvgIpc) is 2.67. The summed E-state index contributed by atoms with van der Waals surface area (Å²) in [7, 11) is 1.87. The van der Waals surface area contributed by atoms with Gasteiger partial charge in [-0.1, -0.05) is 6.92 Å². The van der Waals surface area contributed by atoms with Crippen molar-refractivity contribution in [3.63, 3.8) is 0 Å². The highest BCUT2D eigenvalue weighted by atomic mass is 16.2. The lowest BCUT2D eigenvalue weighted by molar-refractivity contribution is 0.0598. The molecule has 2 rings (SSSR count). The molecular weight excluding hydrogens is 214 g/mol. The van der Waals surface area contributed by atoms with Gasteiger partial charge < -0.3 is 15.2 Å². The van der Waals surface area contributed by atoms with Crippen molar-refractivity contribution < 1.29 is 4.79 Å². The number of rotatable bonds is 2. The first-order chi connectivity index (χ1) is 8.13. The molecule has 1 fully saturated rings. The zero-order chi connectivity index (χ0) is 12.4. The number of aromatic nitrogens is 1. The first-order valence-corrected chi connectivity index (χ1v) is 6.36. The molecule has 1 aliphatic rings. The summed E-state index contributed by atoms with van der Waals surface area (Å²) in [5.41, 5.74) is 7.07. The number of nitrogens with zero attached hydrogens (tertiary/aromatic N) is 2. The lowest BCUT2D eigenvalue weighted by atomic mass is 9.99. The Morgan fingerprint density at radius 2 is 2.29 bits per heavy atom. The Balaban J connectivity index is 2.21. The topological polar surface area (TPSA) is 51.3 Å². The van der Waals surface area contributed by atoms with Crippen LogP contribution in [0.1, 0.15) is 43.1 Å². The number of aryl methyl sites for hydroxylation is 1. The van der Waals surface area contributed by atoms with Crippen molar-refractivity contribution in [2.75, 3.05) is 12.3 Å². The Morgan fingerprint density at radius 3 is 2.88 bits per heavy atom. The van der Waals surface area contributed by atoms with Gasteiger partial charge in [-0.2, -0.15) is 0 Å². The summed E-state index contributed by atoms with van der Waals surface area (Å²) in [4.78, 5) is 14.5. The molecule has 0 spiro atoms. The number of nitrogen functional groups attached to an aromatic ring is 1. The quantitative estimate of drug-likeness (QED) is 0.852. The molecule has 1 amide bonds. The third-order valence-electron chi connectivity index (χ3n) is 3.60. The number of hydrogen-bond donors (Lipinski definition) is 1. The molecule has 1 atom stereocenters. The van der Waals surface area contributed by atoms with Crippen molar-refractivity contribution in [3.8, 4) is 0 Å². The molecule has 0 aromatic carbocycles. The smallest absolute Gasteiger partial charge is 0.270 e. The van der Waals surface area contributed by atoms with E-state index in [1.807, 2.05) is 16.5 Å². The van der Waals surface area contributed by atoms with Crippen molar-refractivity contribution in [1.82, 2.24) is 9.47 Å². The van der Waals surface area contributed by atoms with Crippen molar-refractivity contribution >= 4 is 11.6 Å². The van der Waals surface area contributed by atoms with Gasteiger partial charge in [0.25, 0.3) is 5.91 Å². The van der Waals surface area contributed by atoms with Crippen LogP contribution < -0.4 is 5.73 Å². The molecule has 0 radical (unpaired) electrons. The highest BCUT2D eigenvalue weighted by Gasteiger charge is 2.27. The van der Waals surface area contributed by atoms with Gasteiger partial charge in [0, 0.05) is 25.8 Å². The molecule has 0 bridgehead atoms. The predicted molar refractivity (Wildman–Crippen MR) is 68.8 cm³/mol. The molecule has 94 valence electrons. The summed E-state index contributed by atoms with van der Waals surface area (Å²) in [6.07, 6.45) is 6.30. The highest BCUT2D eigenvalue weighted by molar-refractivity contribution is 5.94. The number of carbonyl (C=O) groups excluding carboxylic acids is 1. The highest BCUT2D eigenvalue weighted by Crippen LogP contribution is 2.22. The number of anilines is 1. The first kappa shape index (κ1) is 12.0. The fourth-order valence-electron chi connectivity index (χ4n) is 2.64. The minimum absolute atomic E-state index is 0.121. The molecule has 1 saturated heterocycles. The van der Waals surface area contributed by atoms with E-state index in [0.717, 1.165) is 25.8 Å². The molecule has 4 nitrogen and oxygen atoms in total. The fraction of sp³-hybridized carbons (Fsp3) is 0.615. The number of carbonyl (C=O) groups is 1. The van der Waals surface area contributed by atoms with Crippen LogP contribution >= 0.6 is 0 Å². The van der Waals surface area contributed by atoms with E-state index in [-0.39, 0.29) is 5.91 Å². The third-order valence-corrected chi connectivity index (χ3v) is 3.60. The molecule has 1 aliphatic heterocycles. The van der Waals surface area contributed by atoms with Crippen molar-refractivity contribution in [3.05, 3.63) is 18.0 Å². The maximum atomic E-state index is 12.5. The number of likely N-dealkylation sites (tertiary alicyclic amines) is 1. The van der Waals surface area contributed by atoms with E-state index >= 15 is 0 Å². The molecule has 0 saturated carbocycles. The molecular formula is C13H21N3O. The minimum Gasteiger partial charge on any atom is -0.397 e. The van der Waals surface area contributed by atoms with E-state index in [2.05, 4.69) is 6.92 Å². The molecule has 2 N–H and O–H groups in total. The maximum absolute atomic E-state index is 12.5. The van der Waals surface area contributed by atoms with Crippen LogP contribution in [0.25, 0.3) is 0 Å². The van der Waals surface area contributed by atoms with Gasteiger partial charge in [0.15, 0.2) is 0 Å². The zero-order valence-electron chi connectivity index (χ0n) is 10.6. The van der Waals surface area contributed by atoms with E-state index in [1.54, 1.807) is 12.3 Å². The van der Waals surface area contributed by atoms with Gasteiger partial charge in [-0.15, -0.1) is 0 Å². The Labute approximate surface area is 102 Å². The van der Waals surface area contributed by atoms with Crippen LogP contribution in [0.5, 0.6) is 0 Å². The van der Waals surface area contributed by atoms with Crippen molar-refractivity contribution in [2.24, 2.45) is 7.05 Å². The Bertz CT molecular complexity index is 411. The van der Waals surface area contributed by atoms with Gasteiger partial charge >= 0.3 is 0 Å². The predicted octanol–water partition coefficient (Wildman–Crippen LogP) is 2.01. The molecule has 17 heavy (non-hydrogen) atoms. The fourth-order valence-corrected chi connectivity index (χ4v) is 2.64. The second-order valence-corrected chi connectivity index (χ2v) is 4.83. The monoisotopic (exact) mass is 235 g/mol. The summed E-state index contributed by atoms with van der Waals surface area (Å²) in [6, 6.07) is 2.16. The molecule has 0 aliphatic carbocycles. The number of amides is 1. The first-order valence-electron chi connectivity index (χ1n) is 6.36. The van der Waals surface area contributed by atoms with E-state index in [9.17, 15) is 4.79 Å². The van der Waals surface area contributed by atoms with Crippen LogP contribution in [0, 0.1) is 0 Å². The normalized spacial score (nSPS) is 20.6. The Morgan fingerprint density at radius 1 is 1.53 bits per heavy atom. The van der Waals surface area contributed by atoms with E-state index < -0.39 is 0 Å². The molecule has 1 aromatic rings. The molecule has 4 heteroatoms. The van der Waals surface area contributed by atoms with Gasteiger partial charge in [-0.25, -0.2) is 0 Å². The average molecular weight is 235 g/mol. The lowest BCUT2D eigenvalue weighted by Crippen LogP contribution is -2.43. The van der Waals surface area contributed by atoms with E-state index in [4.69, 9.17) is 5.73 Å². The van der Waals surface area contributed by atoms with Crippen LogP contribution in [-0.2, 0) is 7.05 Å². The van der Waals surface area contributed by atoms with Crippen LogP contribution in [0.2, 0.25) is 0 Å². The molecule has 1 unspecified atom stereocenters. The zero-order valence-corrected chi connectivity index (χ0v) is 10.6. The number of hydrogen-bond acceptors (Lipinski definition) is 2. The third kappa shape index (κ3) is 2.30. The van der Waals surface area contributed by atoms with Crippen LogP contribution in [0.3, 0.4) is 0 Å². The standard InChI is InChI=1S/C13H21N3O/c1-3-11-6-4-5-7-16(11)13(17)12-8-10(14)9-15(12)2/h8-9,11H,3-7,14H2,1-2H3. The Hall–Kier alpha value is -1.45. The van der Waals surface area contributed by atoms with Crippen molar-refractivity contribution in [1.29, 1.82) is 0 Å². The van der Waals surface area contributed by atoms with Crippen LogP contribution in [0.15, 0.2) is 12.3 Å². The summed E-state index contributed by atoms with van der Waals surface area (Å²) in [5, 5.41) is 0. The second-order valence-electron chi connectivity index (χ2n) is 4.83. The Kier molecular flexibility index (Phi) is 3.41. The maximum Gasteiger partial charge on any atom is 0.270 e. The van der Waals surface area contributed by atoms with Crippen LogP contribution in [0.4, 0.5) is 5.69 Å². The SMILES string of the molecule is CCC1CCCCN1C(=O)c1cc(N)cn1C. The van der Waals surface area contributed by atoms with Gasteiger partial charge in [0.1, 0.15) is 5.69 Å². The van der Waals surface area contributed by atoms with Gasteiger partial charge in [0.2, 0.25) is 0 Å². The van der Waals surface area contributed by atoms with E-state index in [0.29, 0.717) is 17.4 Å². The van der Waals surface area contributed by atoms with Crippen molar-refractivity contribution in [2.45, 2.75) is 38.6 Å². The van der Waals surface area contributed by atoms with Gasteiger partial charge in [-0.05, 0) is 31.7 Å².